The lowest BCUT2D eigenvalue weighted by Gasteiger charge is -2.13. The van der Waals surface area contributed by atoms with Crippen molar-refractivity contribution in [1.82, 2.24) is 4.72 Å². The molecule has 0 aromatic heterocycles. The van der Waals surface area contributed by atoms with Crippen LogP contribution >= 0.6 is 23.2 Å². The van der Waals surface area contributed by atoms with E-state index in [1.807, 2.05) is 11.6 Å². The Morgan fingerprint density at radius 2 is 1.83 bits per heavy atom. The summed E-state index contributed by atoms with van der Waals surface area (Å²) in [6.45, 7) is 2.62. The lowest BCUT2D eigenvalue weighted by molar-refractivity contribution is -0.114. The van der Waals surface area contributed by atoms with Gasteiger partial charge in [0.1, 0.15) is 12.4 Å². The van der Waals surface area contributed by atoms with Crippen LogP contribution in [0.15, 0.2) is 42.5 Å². The smallest absolute Gasteiger partial charge is 0.257 e. The number of ether oxygens (including phenoxy) is 2. The van der Waals surface area contributed by atoms with E-state index in [0.29, 0.717) is 41.7 Å². The van der Waals surface area contributed by atoms with Gasteiger partial charge in [0.25, 0.3) is 11.8 Å². The molecule has 8 nitrogen and oxygen atoms in total. The van der Waals surface area contributed by atoms with Crippen LogP contribution in [-0.2, 0) is 19.6 Å². The molecule has 0 bridgehead atoms. The largest absolute Gasteiger partial charge is 0.491 e. The number of nitrogens with one attached hydrogen (secondary N) is 2. The zero-order chi connectivity index (χ0) is 25.8. The Bertz CT molecular complexity index is 1170. The standard InChI is InChI=1S/C24H28Cl2N2O6S/c1-3-4-5-14-35(31,32)28-23(29)11-7-17-6-9-19(34-13-12-33-2)16-22(17)27-24(30)20-10-8-18(25)15-21(20)26/h6-11,15-16H,3-5,12-14H2,1-2H3,(H,27,30)(H,28,29). The number of hydrogen-bond acceptors (Lipinski definition) is 6. The molecule has 2 rings (SSSR count). The number of hydrogen-bond donors (Lipinski definition) is 2. The average Bonchev–Trinajstić information content (AvgIpc) is 2.78. The molecule has 2 amide bonds. The highest BCUT2D eigenvalue weighted by atomic mass is 35.5. The number of unbranched alkanes of at least 4 members (excludes halogenated alkanes) is 2. The summed E-state index contributed by atoms with van der Waals surface area (Å²) >= 11 is 12.1. The van der Waals surface area contributed by atoms with Gasteiger partial charge in [-0.25, -0.2) is 13.1 Å². The minimum atomic E-state index is -3.73. The highest BCUT2D eigenvalue weighted by Gasteiger charge is 2.15. The van der Waals surface area contributed by atoms with Crippen LogP contribution in [0.4, 0.5) is 5.69 Å². The monoisotopic (exact) mass is 542 g/mol. The Hall–Kier alpha value is -2.59. The first-order valence-corrected chi connectivity index (χ1v) is 13.3. The van der Waals surface area contributed by atoms with Crippen LogP contribution in [0.3, 0.4) is 0 Å². The highest BCUT2D eigenvalue weighted by molar-refractivity contribution is 7.90. The summed E-state index contributed by atoms with van der Waals surface area (Å²) in [7, 11) is -2.18. The van der Waals surface area contributed by atoms with Gasteiger partial charge in [0, 0.05) is 24.3 Å². The molecule has 2 aromatic rings. The molecule has 190 valence electrons. The van der Waals surface area contributed by atoms with Gasteiger partial charge in [0.15, 0.2) is 0 Å². The van der Waals surface area contributed by atoms with Crippen molar-refractivity contribution < 1.29 is 27.5 Å². The molecular formula is C24H28Cl2N2O6S. The molecule has 0 aliphatic heterocycles. The summed E-state index contributed by atoms with van der Waals surface area (Å²) in [4.78, 5) is 25.0. The Balaban J connectivity index is 2.24. The lowest BCUT2D eigenvalue weighted by atomic mass is 10.1. The van der Waals surface area contributed by atoms with E-state index in [-0.39, 0.29) is 16.3 Å². The topological polar surface area (TPSA) is 111 Å². The minimum absolute atomic E-state index is 0.128. The van der Waals surface area contributed by atoms with Crippen LogP contribution in [0, 0.1) is 0 Å². The molecular weight excluding hydrogens is 515 g/mol. The van der Waals surface area contributed by atoms with Crippen LogP contribution in [0.25, 0.3) is 6.08 Å². The maximum Gasteiger partial charge on any atom is 0.257 e. The molecule has 2 aromatic carbocycles. The highest BCUT2D eigenvalue weighted by Crippen LogP contribution is 2.27. The molecule has 35 heavy (non-hydrogen) atoms. The van der Waals surface area contributed by atoms with E-state index in [0.717, 1.165) is 18.9 Å². The van der Waals surface area contributed by atoms with E-state index in [1.54, 1.807) is 31.4 Å². The van der Waals surface area contributed by atoms with Crippen LogP contribution in [0.2, 0.25) is 10.0 Å². The number of amides is 2. The summed E-state index contributed by atoms with van der Waals surface area (Å²) in [5, 5.41) is 3.31. The fraction of sp³-hybridized carbons (Fsp3) is 0.333. The van der Waals surface area contributed by atoms with Crippen molar-refractivity contribution >= 4 is 56.8 Å². The molecule has 0 atom stereocenters. The average molecular weight is 543 g/mol. The first-order chi connectivity index (χ1) is 16.6. The third kappa shape index (κ3) is 9.89. The maximum absolute atomic E-state index is 12.8. The molecule has 0 unspecified atom stereocenters. The number of carbonyl (C=O) groups is 2. The van der Waals surface area contributed by atoms with Gasteiger partial charge in [-0.1, -0.05) is 43.0 Å². The normalized spacial score (nSPS) is 11.4. The Morgan fingerprint density at radius 1 is 1.06 bits per heavy atom. The molecule has 0 spiro atoms. The first-order valence-electron chi connectivity index (χ1n) is 10.9. The van der Waals surface area contributed by atoms with Gasteiger partial charge in [0.05, 0.1) is 28.6 Å². The molecule has 11 heteroatoms. The van der Waals surface area contributed by atoms with E-state index in [4.69, 9.17) is 32.7 Å². The summed E-state index contributed by atoms with van der Waals surface area (Å²) < 4.78 is 36.7. The first kappa shape index (κ1) is 28.6. The molecule has 0 saturated carbocycles. The van der Waals surface area contributed by atoms with Crippen LogP contribution in [0.5, 0.6) is 5.75 Å². The molecule has 0 heterocycles. The van der Waals surface area contributed by atoms with Crippen LogP contribution in [0.1, 0.15) is 42.1 Å². The van der Waals surface area contributed by atoms with Gasteiger partial charge >= 0.3 is 0 Å². The van der Waals surface area contributed by atoms with Crippen molar-refractivity contribution in [3.05, 3.63) is 63.6 Å². The zero-order valence-electron chi connectivity index (χ0n) is 19.5. The van der Waals surface area contributed by atoms with Gasteiger partial charge in [-0.2, -0.15) is 0 Å². The molecule has 0 aliphatic carbocycles. The second-order valence-corrected chi connectivity index (χ2v) is 10.2. The van der Waals surface area contributed by atoms with Gasteiger partial charge in [-0.15, -0.1) is 0 Å². The fourth-order valence-corrected chi connectivity index (χ4v) is 4.49. The van der Waals surface area contributed by atoms with Crippen LogP contribution < -0.4 is 14.8 Å². The van der Waals surface area contributed by atoms with Gasteiger partial charge < -0.3 is 14.8 Å². The minimum Gasteiger partial charge on any atom is -0.491 e. The van der Waals surface area contributed by atoms with Crippen molar-refractivity contribution in [2.75, 3.05) is 31.4 Å². The predicted molar refractivity (Wildman–Crippen MR) is 139 cm³/mol. The number of rotatable bonds is 13. The summed E-state index contributed by atoms with van der Waals surface area (Å²) in [5.74, 6) is -0.963. The molecule has 0 radical (unpaired) electrons. The SMILES string of the molecule is CCCCCS(=O)(=O)NC(=O)C=Cc1ccc(OCCOC)cc1NC(=O)c1ccc(Cl)cc1Cl. The summed E-state index contributed by atoms with van der Waals surface area (Å²) in [6.07, 6.45) is 4.57. The quantitative estimate of drug-likeness (QED) is 0.274. The predicted octanol–water partition coefficient (Wildman–Crippen LogP) is 4.92. The Kier molecular flexibility index (Phi) is 11.5. The van der Waals surface area contributed by atoms with Crippen molar-refractivity contribution in [2.24, 2.45) is 0 Å². The van der Waals surface area contributed by atoms with E-state index < -0.39 is 21.8 Å². The number of halogens is 2. The number of sulfonamides is 1. The number of carbonyl (C=O) groups excluding carboxylic acids is 2. The van der Waals surface area contributed by atoms with Crippen LogP contribution in [-0.4, -0.2) is 46.3 Å². The van der Waals surface area contributed by atoms with Crippen molar-refractivity contribution in [3.63, 3.8) is 0 Å². The molecule has 0 saturated heterocycles. The second-order valence-electron chi connectivity index (χ2n) is 7.49. The van der Waals surface area contributed by atoms with E-state index in [2.05, 4.69) is 5.32 Å². The summed E-state index contributed by atoms with van der Waals surface area (Å²) in [5.41, 5.74) is 0.972. The molecule has 0 fully saturated rings. The Labute approximate surface area is 215 Å². The van der Waals surface area contributed by atoms with E-state index in [1.165, 1.54) is 18.2 Å². The molecule has 0 aliphatic rings. The fourth-order valence-electron chi connectivity index (χ4n) is 2.93. The third-order valence-electron chi connectivity index (χ3n) is 4.69. The summed E-state index contributed by atoms with van der Waals surface area (Å²) in [6, 6.07) is 9.34. The number of benzene rings is 2. The van der Waals surface area contributed by atoms with Gasteiger partial charge in [-0.05, 0) is 48.4 Å². The van der Waals surface area contributed by atoms with Crippen molar-refractivity contribution in [3.8, 4) is 5.75 Å². The number of anilines is 1. The number of methoxy groups -OCH3 is 1. The van der Waals surface area contributed by atoms with E-state index >= 15 is 0 Å². The Morgan fingerprint density at radius 3 is 2.51 bits per heavy atom. The second kappa shape index (κ2) is 14.1. The molecule has 2 N–H and O–H groups in total. The van der Waals surface area contributed by atoms with Gasteiger partial charge in [0.2, 0.25) is 10.0 Å². The van der Waals surface area contributed by atoms with Crippen molar-refractivity contribution in [2.45, 2.75) is 26.2 Å². The zero-order valence-corrected chi connectivity index (χ0v) is 21.8. The van der Waals surface area contributed by atoms with Crippen molar-refractivity contribution in [1.29, 1.82) is 0 Å². The third-order valence-corrected chi connectivity index (χ3v) is 6.58. The van der Waals surface area contributed by atoms with E-state index in [9.17, 15) is 18.0 Å². The maximum atomic E-state index is 12.8. The van der Waals surface area contributed by atoms with Gasteiger partial charge in [-0.3, -0.25) is 9.59 Å². The lowest BCUT2D eigenvalue weighted by Crippen LogP contribution is -2.31.